The van der Waals surface area contributed by atoms with Crippen LogP contribution in [0.2, 0.25) is 0 Å². The minimum atomic E-state index is -4.41. The van der Waals surface area contributed by atoms with E-state index in [0.717, 1.165) is 12.1 Å². The third-order valence-corrected chi connectivity index (χ3v) is 6.94. The van der Waals surface area contributed by atoms with E-state index in [4.69, 9.17) is 0 Å². The smallest absolute Gasteiger partial charge is 0.368 e. The number of piperazine rings is 1. The number of halogens is 3. The van der Waals surface area contributed by atoms with Gasteiger partial charge in [-0.3, -0.25) is 9.52 Å². The molecule has 0 aliphatic carbocycles. The average molecular weight is 490 g/mol. The molecule has 178 valence electrons. The molecule has 3 aromatic rings. The number of benzene rings is 3. The molecule has 0 radical (unpaired) electrons. The first-order valence-electron chi connectivity index (χ1n) is 10.5. The van der Waals surface area contributed by atoms with Gasteiger partial charge in [-0.25, -0.2) is 8.42 Å². The second-order valence-corrected chi connectivity index (χ2v) is 9.51. The first-order valence-corrected chi connectivity index (χ1v) is 12.0. The Bertz CT molecular complexity index is 1260. The van der Waals surface area contributed by atoms with Gasteiger partial charge in [-0.1, -0.05) is 24.3 Å². The van der Waals surface area contributed by atoms with E-state index < -0.39 is 21.8 Å². The van der Waals surface area contributed by atoms with Gasteiger partial charge in [0.15, 0.2) is 0 Å². The van der Waals surface area contributed by atoms with Gasteiger partial charge in [0.2, 0.25) is 0 Å². The number of hydrogen-bond acceptors (Lipinski definition) is 4. The zero-order valence-corrected chi connectivity index (χ0v) is 18.8. The number of carbonyl (C=O) groups is 1. The molecule has 0 atom stereocenters. The number of amides is 1. The minimum Gasteiger partial charge on any atom is -0.368 e. The highest BCUT2D eigenvalue weighted by Crippen LogP contribution is 2.32. The molecule has 0 saturated carbocycles. The molecule has 0 bridgehead atoms. The molecule has 34 heavy (non-hydrogen) atoms. The van der Waals surface area contributed by atoms with Crippen LogP contribution in [-0.4, -0.2) is 45.4 Å². The van der Waals surface area contributed by atoms with Gasteiger partial charge < -0.3 is 9.80 Å². The van der Waals surface area contributed by atoms with Gasteiger partial charge in [0, 0.05) is 43.1 Å². The summed E-state index contributed by atoms with van der Waals surface area (Å²) in [6, 6.07) is 19.2. The van der Waals surface area contributed by atoms with Gasteiger partial charge in [-0.2, -0.15) is 13.2 Å². The van der Waals surface area contributed by atoms with Crippen molar-refractivity contribution in [1.82, 2.24) is 4.90 Å². The molecule has 1 aliphatic heterocycles. The third kappa shape index (κ3) is 5.33. The molecule has 1 heterocycles. The van der Waals surface area contributed by atoms with Gasteiger partial charge in [0.05, 0.1) is 10.5 Å². The Hall–Kier alpha value is -3.53. The second kappa shape index (κ2) is 9.38. The number of anilines is 2. The lowest BCUT2D eigenvalue weighted by molar-refractivity contribution is -0.137. The van der Waals surface area contributed by atoms with Crippen molar-refractivity contribution in [1.29, 1.82) is 0 Å². The highest BCUT2D eigenvalue weighted by molar-refractivity contribution is 7.92. The van der Waals surface area contributed by atoms with Crippen LogP contribution < -0.4 is 9.62 Å². The van der Waals surface area contributed by atoms with Crippen molar-refractivity contribution in [2.75, 3.05) is 35.8 Å². The summed E-state index contributed by atoms with van der Waals surface area (Å²) in [7, 11) is -3.73. The summed E-state index contributed by atoms with van der Waals surface area (Å²) in [6.07, 6.45) is -4.41. The van der Waals surface area contributed by atoms with Crippen molar-refractivity contribution in [3.05, 3.63) is 90.0 Å². The summed E-state index contributed by atoms with van der Waals surface area (Å²) >= 11 is 0. The Morgan fingerprint density at radius 2 is 1.47 bits per heavy atom. The summed E-state index contributed by atoms with van der Waals surface area (Å²) < 4.78 is 66.3. The molecule has 4 rings (SSSR count). The lowest BCUT2D eigenvalue weighted by Crippen LogP contribution is -2.48. The van der Waals surface area contributed by atoms with Crippen LogP contribution in [0.5, 0.6) is 0 Å². The van der Waals surface area contributed by atoms with Crippen LogP contribution in [0, 0.1) is 0 Å². The fourth-order valence-electron chi connectivity index (χ4n) is 3.72. The molecule has 0 unspecified atom stereocenters. The van der Waals surface area contributed by atoms with Crippen LogP contribution in [-0.2, 0) is 16.2 Å². The predicted molar refractivity (Wildman–Crippen MR) is 123 cm³/mol. The maximum Gasteiger partial charge on any atom is 0.416 e. The largest absolute Gasteiger partial charge is 0.416 e. The average Bonchev–Trinajstić information content (AvgIpc) is 2.84. The Labute approximate surface area is 195 Å². The van der Waals surface area contributed by atoms with Gasteiger partial charge in [0.1, 0.15) is 0 Å². The van der Waals surface area contributed by atoms with Crippen LogP contribution in [0.1, 0.15) is 15.9 Å². The van der Waals surface area contributed by atoms with Crippen LogP contribution in [0.3, 0.4) is 0 Å². The molecule has 0 aromatic heterocycles. The fourth-order valence-corrected chi connectivity index (χ4v) is 4.80. The monoisotopic (exact) mass is 489 g/mol. The quantitative estimate of drug-likeness (QED) is 0.574. The molecular weight excluding hydrogens is 467 g/mol. The number of hydrogen-bond donors (Lipinski definition) is 1. The fraction of sp³-hybridized carbons (Fsp3) is 0.208. The van der Waals surface area contributed by atoms with Crippen molar-refractivity contribution in [2.24, 2.45) is 0 Å². The summed E-state index contributed by atoms with van der Waals surface area (Å²) in [6.45, 7) is 1.53. The van der Waals surface area contributed by atoms with Crippen LogP contribution in [0.25, 0.3) is 0 Å². The molecule has 0 spiro atoms. The maximum absolute atomic E-state index is 13.0. The molecule has 1 fully saturated rings. The van der Waals surface area contributed by atoms with Gasteiger partial charge in [-0.15, -0.1) is 0 Å². The van der Waals surface area contributed by atoms with Crippen molar-refractivity contribution in [2.45, 2.75) is 11.1 Å². The third-order valence-electron chi connectivity index (χ3n) is 5.54. The summed E-state index contributed by atoms with van der Waals surface area (Å²) in [5.41, 5.74) is 0.494. The molecule has 1 N–H and O–H groups in total. The number of sulfonamides is 1. The van der Waals surface area contributed by atoms with E-state index in [1.54, 1.807) is 41.3 Å². The minimum absolute atomic E-state index is 0.133. The van der Waals surface area contributed by atoms with Crippen LogP contribution in [0.4, 0.5) is 24.5 Å². The summed E-state index contributed by atoms with van der Waals surface area (Å²) in [5.74, 6) is -0.221. The van der Waals surface area contributed by atoms with Crippen LogP contribution >= 0.6 is 0 Å². The van der Waals surface area contributed by atoms with E-state index in [1.165, 1.54) is 30.3 Å². The molecule has 3 aromatic carbocycles. The van der Waals surface area contributed by atoms with E-state index in [2.05, 4.69) is 4.72 Å². The van der Waals surface area contributed by atoms with E-state index >= 15 is 0 Å². The first-order chi connectivity index (χ1) is 16.1. The number of alkyl halides is 3. The highest BCUT2D eigenvalue weighted by Gasteiger charge is 2.31. The molecular formula is C24H22F3N3O3S. The maximum atomic E-state index is 13.0. The second-order valence-electron chi connectivity index (χ2n) is 7.82. The Kier molecular flexibility index (Phi) is 6.52. The van der Waals surface area contributed by atoms with Gasteiger partial charge in [0.25, 0.3) is 15.9 Å². The van der Waals surface area contributed by atoms with E-state index in [-0.39, 0.29) is 10.8 Å². The van der Waals surface area contributed by atoms with Crippen LogP contribution in [0.15, 0.2) is 83.8 Å². The number of nitrogens with one attached hydrogen (secondary N) is 1. The van der Waals surface area contributed by atoms with Crippen molar-refractivity contribution in [3.8, 4) is 0 Å². The Morgan fingerprint density at radius 1 is 0.824 bits per heavy atom. The molecule has 1 saturated heterocycles. The molecule has 6 nitrogen and oxygen atoms in total. The zero-order valence-electron chi connectivity index (χ0n) is 18.0. The van der Waals surface area contributed by atoms with Crippen molar-refractivity contribution < 1.29 is 26.4 Å². The normalized spacial score (nSPS) is 14.7. The lowest BCUT2D eigenvalue weighted by atomic mass is 10.1. The zero-order chi connectivity index (χ0) is 24.3. The highest BCUT2D eigenvalue weighted by atomic mass is 32.2. The molecule has 1 amide bonds. The van der Waals surface area contributed by atoms with E-state index in [9.17, 15) is 26.4 Å². The van der Waals surface area contributed by atoms with Crippen molar-refractivity contribution in [3.63, 3.8) is 0 Å². The molecule has 1 aliphatic rings. The van der Waals surface area contributed by atoms with E-state index in [0.29, 0.717) is 43.1 Å². The topological polar surface area (TPSA) is 69.7 Å². The van der Waals surface area contributed by atoms with Crippen molar-refractivity contribution >= 4 is 27.3 Å². The van der Waals surface area contributed by atoms with E-state index in [1.807, 2.05) is 4.90 Å². The Morgan fingerprint density at radius 3 is 2.09 bits per heavy atom. The summed E-state index contributed by atoms with van der Waals surface area (Å²) in [4.78, 5) is 16.5. The summed E-state index contributed by atoms with van der Waals surface area (Å²) in [5, 5.41) is 0. The first kappa shape index (κ1) is 23.6. The lowest BCUT2D eigenvalue weighted by Gasteiger charge is -2.36. The van der Waals surface area contributed by atoms with Gasteiger partial charge in [-0.05, 0) is 54.6 Å². The number of rotatable bonds is 5. The number of nitrogens with zero attached hydrogens (tertiary/aromatic N) is 2. The van der Waals surface area contributed by atoms with Gasteiger partial charge >= 0.3 is 6.18 Å². The SMILES string of the molecule is O=C(c1ccc(NS(=O)(=O)c2ccccc2)cc1)N1CCN(c2cccc(C(F)(F)F)c2)CC1. The molecule has 10 heteroatoms. The number of carbonyl (C=O) groups excluding carboxylic acids is 1. The predicted octanol–water partition coefficient (Wildman–Crippen LogP) is 4.47. The standard InChI is InChI=1S/C24H22F3N3O3S/c25-24(26,27)19-5-4-6-21(17-19)29-13-15-30(16-14-29)23(31)18-9-11-20(12-10-18)28-34(32,33)22-7-2-1-3-8-22/h1-12,17,28H,13-16H2. The Balaban J connectivity index is 1.37.